The number of ether oxygens (including phenoxy) is 3. The number of hydrogen-bond donors (Lipinski definition) is 0. The van der Waals surface area contributed by atoms with Crippen molar-refractivity contribution in [3.05, 3.63) is 53.7 Å². The van der Waals surface area contributed by atoms with E-state index < -0.39 is 0 Å². The molecule has 0 spiro atoms. The zero-order valence-corrected chi connectivity index (χ0v) is 14.6. The molecule has 0 bridgehead atoms. The third-order valence-corrected chi connectivity index (χ3v) is 4.44. The van der Waals surface area contributed by atoms with Crippen LogP contribution in [-0.2, 0) is 4.79 Å². The summed E-state index contributed by atoms with van der Waals surface area (Å²) in [5.41, 5.74) is 3.00. The molecule has 0 amide bonds. The van der Waals surface area contributed by atoms with Gasteiger partial charge in [-0.3, -0.25) is 4.79 Å². The monoisotopic (exact) mass is 339 g/mol. The fraction of sp³-hybridized carbons (Fsp3) is 0.300. The van der Waals surface area contributed by atoms with Crippen molar-refractivity contribution in [3.8, 4) is 17.4 Å². The van der Waals surface area contributed by atoms with Gasteiger partial charge >= 0.3 is 0 Å². The Morgan fingerprint density at radius 1 is 0.960 bits per heavy atom. The van der Waals surface area contributed by atoms with E-state index in [-0.39, 0.29) is 11.7 Å². The van der Waals surface area contributed by atoms with Crippen molar-refractivity contribution >= 4 is 11.4 Å². The Hall–Kier alpha value is -2.82. The summed E-state index contributed by atoms with van der Waals surface area (Å²) in [5.74, 6) is 2.15. The third kappa shape index (κ3) is 3.65. The number of pyridine rings is 1. The van der Waals surface area contributed by atoms with E-state index in [0.29, 0.717) is 23.8 Å². The van der Waals surface area contributed by atoms with E-state index in [4.69, 9.17) is 14.2 Å². The van der Waals surface area contributed by atoms with Gasteiger partial charge in [-0.05, 0) is 53.3 Å². The summed E-state index contributed by atoms with van der Waals surface area (Å²) in [6, 6.07) is 9.56. The molecule has 1 heterocycles. The van der Waals surface area contributed by atoms with E-state index in [9.17, 15) is 4.79 Å². The molecule has 3 rings (SSSR count). The number of hydrogen-bond acceptors (Lipinski definition) is 5. The smallest absolute Gasteiger partial charge is 0.212 e. The molecule has 25 heavy (non-hydrogen) atoms. The number of carbonyl (C=O) groups excluding carboxylic acids is 1. The Morgan fingerprint density at radius 3 is 2.40 bits per heavy atom. The van der Waals surface area contributed by atoms with Crippen LogP contribution in [0.2, 0.25) is 0 Å². The van der Waals surface area contributed by atoms with Gasteiger partial charge in [-0.25, -0.2) is 4.98 Å². The van der Waals surface area contributed by atoms with Crippen LogP contribution in [0, 0.1) is 0 Å². The number of methoxy groups -OCH3 is 3. The van der Waals surface area contributed by atoms with E-state index >= 15 is 0 Å². The second kappa shape index (κ2) is 7.38. The fourth-order valence-corrected chi connectivity index (χ4v) is 3.13. The lowest BCUT2D eigenvalue weighted by Crippen LogP contribution is -2.12. The van der Waals surface area contributed by atoms with Crippen LogP contribution >= 0.6 is 0 Å². The average Bonchev–Trinajstić information content (AvgIpc) is 2.67. The Kier molecular flexibility index (Phi) is 5.03. The van der Waals surface area contributed by atoms with E-state index in [2.05, 4.69) is 4.98 Å². The molecule has 2 aromatic rings. The zero-order chi connectivity index (χ0) is 17.8. The molecule has 1 aromatic heterocycles. The van der Waals surface area contributed by atoms with Crippen LogP contribution in [0.4, 0.5) is 0 Å². The SMILES string of the molecule is COc1ccc(C2=CC(=O)C[C@H](c3ccc(OC)c(OC)c3)C2)cn1. The van der Waals surface area contributed by atoms with Gasteiger partial charge in [0.25, 0.3) is 0 Å². The average molecular weight is 339 g/mol. The lowest BCUT2D eigenvalue weighted by Gasteiger charge is -2.23. The fourth-order valence-electron chi connectivity index (χ4n) is 3.13. The highest BCUT2D eigenvalue weighted by molar-refractivity contribution is 5.99. The first-order chi connectivity index (χ1) is 12.1. The molecular formula is C20H21NO4. The van der Waals surface area contributed by atoms with Gasteiger partial charge in [-0.1, -0.05) is 6.07 Å². The minimum atomic E-state index is 0.106. The number of nitrogens with zero attached hydrogens (tertiary/aromatic N) is 1. The Labute approximate surface area is 147 Å². The van der Waals surface area contributed by atoms with Gasteiger partial charge in [-0.2, -0.15) is 0 Å². The largest absolute Gasteiger partial charge is 0.493 e. The van der Waals surface area contributed by atoms with Gasteiger partial charge in [0.1, 0.15) is 0 Å². The maximum atomic E-state index is 12.3. The number of rotatable bonds is 5. The molecule has 0 saturated heterocycles. The lowest BCUT2D eigenvalue weighted by atomic mass is 9.81. The van der Waals surface area contributed by atoms with Crippen molar-refractivity contribution in [2.24, 2.45) is 0 Å². The minimum Gasteiger partial charge on any atom is -0.493 e. The first-order valence-electron chi connectivity index (χ1n) is 8.10. The van der Waals surface area contributed by atoms with Crippen LogP contribution in [0.25, 0.3) is 5.57 Å². The minimum absolute atomic E-state index is 0.106. The van der Waals surface area contributed by atoms with Crippen LogP contribution in [-0.4, -0.2) is 32.1 Å². The Balaban J connectivity index is 1.87. The first kappa shape index (κ1) is 17.0. The van der Waals surface area contributed by atoms with Gasteiger partial charge in [0.2, 0.25) is 5.88 Å². The molecular weight excluding hydrogens is 318 g/mol. The Morgan fingerprint density at radius 2 is 1.76 bits per heavy atom. The zero-order valence-electron chi connectivity index (χ0n) is 14.6. The van der Waals surface area contributed by atoms with Gasteiger partial charge in [-0.15, -0.1) is 0 Å². The summed E-state index contributed by atoms with van der Waals surface area (Å²) in [5, 5.41) is 0. The molecule has 130 valence electrons. The van der Waals surface area contributed by atoms with Crippen molar-refractivity contribution in [1.29, 1.82) is 0 Å². The van der Waals surface area contributed by atoms with Crippen LogP contribution in [0.15, 0.2) is 42.6 Å². The molecule has 0 saturated carbocycles. The van der Waals surface area contributed by atoms with Crippen molar-refractivity contribution in [2.75, 3.05) is 21.3 Å². The van der Waals surface area contributed by atoms with Gasteiger partial charge in [0.05, 0.1) is 21.3 Å². The topological polar surface area (TPSA) is 57.7 Å². The normalized spacial score (nSPS) is 17.0. The van der Waals surface area contributed by atoms with Crippen LogP contribution in [0.3, 0.4) is 0 Å². The van der Waals surface area contributed by atoms with E-state index in [1.807, 2.05) is 24.3 Å². The molecule has 0 radical (unpaired) electrons. The molecule has 5 heteroatoms. The third-order valence-electron chi connectivity index (χ3n) is 4.44. The van der Waals surface area contributed by atoms with E-state index in [1.165, 1.54) is 0 Å². The number of ketones is 1. The van der Waals surface area contributed by atoms with Gasteiger partial charge in [0, 0.05) is 18.7 Å². The van der Waals surface area contributed by atoms with Gasteiger partial charge < -0.3 is 14.2 Å². The predicted octanol–water partition coefficient (Wildman–Crippen LogP) is 3.64. The maximum absolute atomic E-state index is 12.3. The summed E-state index contributed by atoms with van der Waals surface area (Å²) in [6.07, 6.45) is 4.73. The van der Waals surface area contributed by atoms with E-state index in [0.717, 1.165) is 23.1 Å². The highest BCUT2D eigenvalue weighted by Crippen LogP contribution is 2.39. The van der Waals surface area contributed by atoms with Gasteiger partial charge in [0.15, 0.2) is 17.3 Å². The molecule has 0 N–H and O–H groups in total. The Bertz CT molecular complexity index is 796. The quantitative estimate of drug-likeness (QED) is 0.832. The van der Waals surface area contributed by atoms with Crippen molar-refractivity contribution in [3.63, 3.8) is 0 Å². The van der Waals surface area contributed by atoms with Crippen LogP contribution < -0.4 is 14.2 Å². The predicted molar refractivity (Wildman–Crippen MR) is 95.3 cm³/mol. The number of benzene rings is 1. The number of carbonyl (C=O) groups is 1. The lowest BCUT2D eigenvalue weighted by molar-refractivity contribution is -0.115. The molecule has 0 fully saturated rings. The first-order valence-corrected chi connectivity index (χ1v) is 8.10. The molecule has 1 aromatic carbocycles. The molecule has 0 aliphatic heterocycles. The number of aromatic nitrogens is 1. The van der Waals surface area contributed by atoms with Crippen molar-refractivity contribution in [2.45, 2.75) is 18.8 Å². The second-order valence-electron chi connectivity index (χ2n) is 5.94. The molecule has 1 atom stereocenters. The highest BCUT2D eigenvalue weighted by atomic mass is 16.5. The summed E-state index contributed by atoms with van der Waals surface area (Å²) in [6.45, 7) is 0. The van der Waals surface area contributed by atoms with Crippen LogP contribution in [0.5, 0.6) is 17.4 Å². The van der Waals surface area contributed by atoms with E-state index in [1.54, 1.807) is 39.7 Å². The summed E-state index contributed by atoms with van der Waals surface area (Å²) in [7, 11) is 4.81. The highest BCUT2D eigenvalue weighted by Gasteiger charge is 2.24. The summed E-state index contributed by atoms with van der Waals surface area (Å²) in [4.78, 5) is 16.5. The molecule has 0 unspecified atom stereocenters. The second-order valence-corrected chi connectivity index (χ2v) is 5.94. The molecule has 1 aliphatic rings. The van der Waals surface area contributed by atoms with Crippen molar-refractivity contribution in [1.82, 2.24) is 4.98 Å². The maximum Gasteiger partial charge on any atom is 0.212 e. The standard InChI is InChI=1S/C20H21NO4/c1-23-18-6-4-13(11-19(18)24-2)15-8-16(10-17(22)9-15)14-5-7-20(25-3)21-12-14/h4-7,10-12,15H,8-9H2,1-3H3/t15-/m1/s1. The molecule has 1 aliphatic carbocycles. The van der Waals surface area contributed by atoms with Crippen molar-refractivity contribution < 1.29 is 19.0 Å². The van der Waals surface area contributed by atoms with Crippen LogP contribution in [0.1, 0.15) is 29.9 Å². The summed E-state index contributed by atoms with van der Waals surface area (Å²) < 4.78 is 15.8. The molecule has 5 nitrogen and oxygen atoms in total. The summed E-state index contributed by atoms with van der Waals surface area (Å²) >= 11 is 0. The number of allylic oxidation sites excluding steroid dienone is 2.